The molecule has 2 aliphatic heterocycles. The van der Waals surface area contributed by atoms with Gasteiger partial charge in [-0.3, -0.25) is 0 Å². The maximum absolute atomic E-state index is 4.71. The van der Waals surface area contributed by atoms with Crippen molar-refractivity contribution in [2.75, 3.05) is 24.5 Å². The van der Waals surface area contributed by atoms with E-state index in [1.54, 1.807) is 0 Å². The summed E-state index contributed by atoms with van der Waals surface area (Å²) in [5, 5.41) is 3.51. The van der Waals surface area contributed by atoms with Gasteiger partial charge < -0.3 is 10.2 Å². The lowest BCUT2D eigenvalue weighted by Gasteiger charge is -2.26. The van der Waals surface area contributed by atoms with Crippen LogP contribution in [0.1, 0.15) is 33.3 Å². The lowest BCUT2D eigenvalue weighted by Crippen LogP contribution is -2.33. The molecule has 1 aromatic heterocycles. The molecule has 2 aliphatic rings. The van der Waals surface area contributed by atoms with E-state index in [2.05, 4.69) is 56.2 Å². The highest BCUT2D eigenvalue weighted by Gasteiger charge is 2.42. The minimum absolute atomic E-state index is 0.183. The van der Waals surface area contributed by atoms with E-state index in [-0.39, 0.29) is 5.41 Å². The number of anilines is 1. The van der Waals surface area contributed by atoms with E-state index in [1.807, 2.05) is 0 Å². The zero-order chi connectivity index (χ0) is 13.6. The van der Waals surface area contributed by atoms with Crippen molar-refractivity contribution in [2.45, 2.75) is 39.2 Å². The van der Waals surface area contributed by atoms with Gasteiger partial charge in [0.05, 0.1) is 0 Å². The topological polar surface area (TPSA) is 28.2 Å². The van der Waals surface area contributed by atoms with Crippen molar-refractivity contribution < 1.29 is 0 Å². The highest BCUT2D eigenvalue weighted by molar-refractivity contribution is 5.43. The van der Waals surface area contributed by atoms with Crippen molar-refractivity contribution in [3.8, 4) is 0 Å². The quantitative estimate of drug-likeness (QED) is 0.839. The normalized spacial score (nSPS) is 30.7. The molecule has 3 heteroatoms. The average molecular weight is 259 g/mol. The number of rotatable bonds is 1. The predicted molar refractivity (Wildman–Crippen MR) is 79.6 cm³/mol. The molecule has 19 heavy (non-hydrogen) atoms. The van der Waals surface area contributed by atoms with Crippen molar-refractivity contribution in [3.05, 3.63) is 23.9 Å². The molecule has 0 radical (unpaired) electrons. The van der Waals surface area contributed by atoms with Crippen LogP contribution in [-0.2, 0) is 5.41 Å². The van der Waals surface area contributed by atoms with Crippen molar-refractivity contribution in [3.63, 3.8) is 0 Å². The lowest BCUT2D eigenvalue weighted by molar-refractivity contribution is 0.471. The second-order valence-electron chi connectivity index (χ2n) is 7.13. The Morgan fingerprint density at radius 1 is 1.26 bits per heavy atom. The molecule has 3 unspecified atom stereocenters. The summed E-state index contributed by atoms with van der Waals surface area (Å²) in [6.45, 7) is 12.5. The van der Waals surface area contributed by atoms with Gasteiger partial charge in [-0.05, 0) is 35.8 Å². The Labute approximate surface area is 116 Å². The van der Waals surface area contributed by atoms with E-state index in [9.17, 15) is 0 Å². The van der Waals surface area contributed by atoms with E-state index in [0.717, 1.165) is 24.2 Å². The van der Waals surface area contributed by atoms with Gasteiger partial charge in [0.25, 0.3) is 0 Å². The first-order valence-corrected chi connectivity index (χ1v) is 7.41. The van der Waals surface area contributed by atoms with E-state index < -0.39 is 0 Å². The van der Waals surface area contributed by atoms with Gasteiger partial charge in [-0.1, -0.05) is 26.8 Å². The summed E-state index contributed by atoms with van der Waals surface area (Å²) >= 11 is 0. The monoisotopic (exact) mass is 259 g/mol. The highest BCUT2D eigenvalue weighted by atomic mass is 15.3. The van der Waals surface area contributed by atoms with E-state index >= 15 is 0 Å². The van der Waals surface area contributed by atoms with Crippen molar-refractivity contribution in [1.82, 2.24) is 10.3 Å². The molecule has 0 amide bonds. The fraction of sp³-hybridized carbons (Fsp3) is 0.688. The molecule has 2 saturated heterocycles. The Hall–Kier alpha value is -1.09. The average Bonchev–Trinajstić information content (AvgIpc) is 2.92. The summed E-state index contributed by atoms with van der Waals surface area (Å²) in [4.78, 5) is 7.20. The fourth-order valence-corrected chi connectivity index (χ4v) is 3.47. The SMILES string of the molecule is CC1C2CNCC2CN1c1ccc(C(C)(C)C)cn1. The summed E-state index contributed by atoms with van der Waals surface area (Å²) < 4.78 is 0. The molecule has 0 aromatic carbocycles. The van der Waals surface area contributed by atoms with Crippen LogP contribution in [0.5, 0.6) is 0 Å². The summed E-state index contributed by atoms with van der Waals surface area (Å²) in [6, 6.07) is 5.04. The number of nitrogens with zero attached hydrogens (tertiary/aromatic N) is 2. The second kappa shape index (κ2) is 4.48. The van der Waals surface area contributed by atoms with Crippen LogP contribution >= 0.6 is 0 Å². The Balaban J connectivity index is 1.80. The summed E-state index contributed by atoms with van der Waals surface area (Å²) in [5.74, 6) is 2.75. The van der Waals surface area contributed by atoms with Crippen LogP contribution in [0.15, 0.2) is 18.3 Å². The zero-order valence-electron chi connectivity index (χ0n) is 12.5. The number of aromatic nitrogens is 1. The number of hydrogen-bond acceptors (Lipinski definition) is 3. The first-order chi connectivity index (χ1) is 8.97. The van der Waals surface area contributed by atoms with Gasteiger partial charge in [-0.25, -0.2) is 4.98 Å². The molecule has 0 spiro atoms. The number of fused-ring (bicyclic) bond motifs is 1. The molecular formula is C16H25N3. The number of pyridine rings is 1. The van der Waals surface area contributed by atoms with Gasteiger partial charge in [-0.15, -0.1) is 0 Å². The van der Waals surface area contributed by atoms with Crippen LogP contribution in [0, 0.1) is 11.8 Å². The third kappa shape index (κ3) is 2.25. The Bertz CT molecular complexity index is 446. The Morgan fingerprint density at radius 2 is 2.05 bits per heavy atom. The zero-order valence-corrected chi connectivity index (χ0v) is 12.5. The van der Waals surface area contributed by atoms with Crippen LogP contribution in [0.2, 0.25) is 0 Å². The van der Waals surface area contributed by atoms with E-state index in [1.165, 1.54) is 18.7 Å². The largest absolute Gasteiger partial charge is 0.353 e. The Morgan fingerprint density at radius 3 is 2.63 bits per heavy atom. The van der Waals surface area contributed by atoms with Crippen molar-refractivity contribution in [1.29, 1.82) is 0 Å². The molecule has 3 rings (SSSR count). The second-order valence-corrected chi connectivity index (χ2v) is 7.13. The third-order valence-corrected chi connectivity index (χ3v) is 4.84. The highest BCUT2D eigenvalue weighted by Crippen LogP contribution is 2.35. The first-order valence-electron chi connectivity index (χ1n) is 7.41. The van der Waals surface area contributed by atoms with Gasteiger partial charge in [0.1, 0.15) is 5.82 Å². The molecule has 0 bridgehead atoms. The molecule has 1 aromatic rings. The molecule has 0 aliphatic carbocycles. The van der Waals surface area contributed by atoms with Crippen LogP contribution in [-0.4, -0.2) is 30.7 Å². The van der Waals surface area contributed by atoms with Gasteiger partial charge in [0, 0.05) is 31.9 Å². The van der Waals surface area contributed by atoms with E-state index in [0.29, 0.717) is 6.04 Å². The van der Waals surface area contributed by atoms with Crippen LogP contribution in [0.25, 0.3) is 0 Å². The number of nitrogens with one attached hydrogen (secondary N) is 1. The molecule has 0 saturated carbocycles. The third-order valence-electron chi connectivity index (χ3n) is 4.84. The summed E-state index contributed by atoms with van der Waals surface area (Å²) in [6.07, 6.45) is 2.05. The minimum atomic E-state index is 0.183. The van der Waals surface area contributed by atoms with Gasteiger partial charge in [-0.2, -0.15) is 0 Å². The maximum atomic E-state index is 4.71. The smallest absolute Gasteiger partial charge is 0.128 e. The standard InChI is InChI=1S/C16H25N3/c1-11-14-9-17-7-12(14)10-19(11)15-6-5-13(8-18-15)16(2,3)4/h5-6,8,11-12,14,17H,7,9-10H2,1-4H3. The molecule has 3 atom stereocenters. The molecular weight excluding hydrogens is 234 g/mol. The fourth-order valence-electron chi connectivity index (χ4n) is 3.47. The summed E-state index contributed by atoms with van der Waals surface area (Å²) in [7, 11) is 0. The van der Waals surface area contributed by atoms with Crippen LogP contribution in [0.4, 0.5) is 5.82 Å². The van der Waals surface area contributed by atoms with Crippen molar-refractivity contribution in [2.24, 2.45) is 11.8 Å². The van der Waals surface area contributed by atoms with Crippen LogP contribution in [0.3, 0.4) is 0 Å². The Kier molecular flexibility index (Phi) is 3.05. The van der Waals surface area contributed by atoms with Gasteiger partial charge >= 0.3 is 0 Å². The molecule has 3 nitrogen and oxygen atoms in total. The van der Waals surface area contributed by atoms with Crippen LogP contribution < -0.4 is 10.2 Å². The molecule has 2 fully saturated rings. The number of hydrogen-bond donors (Lipinski definition) is 1. The van der Waals surface area contributed by atoms with Gasteiger partial charge in [0.15, 0.2) is 0 Å². The van der Waals surface area contributed by atoms with E-state index in [4.69, 9.17) is 4.98 Å². The van der Waals surface area contributed by atoms with Gasteiger partial charge in [0.2, 0.25) is 0 Å². The predicted octanol–water partition coefficient (Wildman–Crippen LogP) is 2.42. The molecule has 3 heterocycles. The maximum Gasteiger partial charge on any atom is 0.128 e. The first kappa shape index (κ1) is 12.9. The summed E-state index contributed by atoms with van der Waals surface area (Å²) in [5.41, 5.74) is 1.49. The lowest BCUT2D eigenvalue weighted by atomic mass is 9.88. The minimum Gasteiger partial charge on any atom is -0.353 e. The molecule has 1 N–H and O–H groups in total. The molecule has 104 valence electrons. The van der Waals surface area contributed by atoms with Crippen molar-refractivity contribution >= 4 is 5.82 Å².